The number of aliphatic hydroxyl groups is 1. The highest BCUT2D eigenvalue weighted by atomic mass is 32.1. The Morgan fingerprint density at radius 3 is 2.67 bits per heavy atom. The summed E-state index contributed by atoms with van der Waals surface area (Å²) in [4.78, 5) is 13.7. The molecule has 0 atom stereocenters. The lowest BCUT2D eigenvalue weighted by Crippen LogP contribution is -2.39. The van der Waals surface area contributed by atoms with Gasteiger partial charge in [-0.05, 0) is 38.3 Å². The van der Waals surface area contributed by atoms with Gasteiger partial charge in [0.25, 0.3) is 5.91 Å². The molecule has 1 saturated carbocycles. The fraction of sp³-hybridized carbons (Fsp3) is 0.545. The zero-order valence-corrected chi connectivity index (χ0v) is 9.78. The van der Waals surface area contributed by atoms with Crippen molar-refractivity contribution >= 4 is 17.2 Å². The van der Waals surface area contributed by atoms with Gasteiger partial charge >= 0.3 is 0 Å². The van der Waals surface area contributed by atoms with E-state index in [1.807, 2.05) is 19.9 Å². The molecular formula is C11H15NO2S. The summed E-state index contributed by atoms with van der Waals surface area (Å²) in [5.74, 6) is -0.0530. The smallest absolute Gasteiger partial charge is 0.261 e. The highest BCUT2D eigenvalue weighted by Crippen LogP contribution is 2.35. The second-order valence-electron chi connectivity index (χ2n) is 4.24. The molecule has 0 aromatic carbocycles. The molecular weight excluding hydrogens is 210 g/mol. The van der Waals surface area contributed by atoms with Gasteiger partial charge in [0.1, 0.15) is 0 Å². The Morgan fingerprint density at radius 2 is 2.27 bits per heavy atom. The van der Waals surface area contributed by atoms with Crippen molar-refractivity contribution in [3.05, 3.63) is 21.4 Å². The van der Waals surface area contributed by atoms with Crippen molar-refractivity contribution in [3.8, 4) is 0 Å². The largest absolute Gasteiger partial charge is 0.394 e. The number of aryl methyl sites for hydroxylation is 2. The second kappa shape index (κ2) is 3.61. The standard InChI is InChI=1S/C11H15NO2S/c1-7-5-9(15-8(7)2)10(14)12-11(6-13)3-4-11/h5,13H,3-4,6H2,1-2H3,(H,12,14). The predicted molar refractivity (Wildman–Crippen MR) is 60.3 cm³/mol. The summed E-state index contributed by atoms with van der Waals surface area (Å²) in [7, 11) is 0. The number of carbonyl (C=O) groups excluding carboxylic acids is 1. The molecule has 1 amide bonds. The van der Waals surface area contributed by atoms with E-state index in [1.54, 1.807) is 0 Å². The van der Waals surface area contributed by atoms with Crippen LogP contribution in [0.5, 0.6) is 0 Å². The van der Waals surface area contributed by atoms with Gasteiger partial charge in [-0.25, -0.2) is 0 Å². The van der Waals surface area contributed by atoms with Crippen molar-refractivity contribution in [1.82, 2.24) is 5.32 Å². The maximum Gasteiger partial charge on any atom is 0.261 e. The van der Waals surface area contributed by atoms with Gasteiger partial charge in [-0.15, -0.1) is 11.3 Å². The topological polar surface area (TPSA) is 49.3 Å². The van der Waals surface area contributed by atoms with Gasteiger partial charge < -0.3 is 10.4 Å². The van der Waals surface area contributed by atoms with Crippen molar-refractivity contribution in [2.45, 2.75) is 32.2 Å². The molecule has 0 aliphatic heterocycles. The minimum Gasteiger partial charge on any atom is -0.394 e. The van der Waals surface area contributed by atoms with E-state index in [2.05, 4.69) is 5.32 Å². The van der Waals surface area contributed by atoms with E-state index < -0.39 is 0 Å². The highest BCUT2D eigenvalue weighted by molar-refractivity contribution is 7.14. The molecule has 4 heteroatoms. The molecule has 1 aromatic heterocycles. The minimum atomic E-state index is -0.317. The van der Waals surface area contributed by atoms with Crippen LogP contribution in [0.3, 0.4) is 0 Å². The number of rotatable bonds is 3. The van der Waals surface area contributed by atoms with Gasteiger partial charge in [0.05, 0.1) is 17.0 Å². The zero-order valence-electron chi connectivity index (χ0n) is 8.96. The van der Waals surface area contributed by atoms with Crippen LogP contribution in [0.15, 0.2) is 6.07 Å². The van der Waals surface area contributed by atoms with Gasteiger partial charge in [0.15, 0.2) is 0 Å². The zero-order chi connectivity index (χ0) is 11.1. The minimum absolute atomic E-state index is 0.0437. The first-order chi connectivity index (χ1) is 7.06. The molecule has 2 rings (SSSR count). The number of amides is 1. The summed E-state index contributed by atoms with van der Waals surface area (Å²) in [5, 5.41) is 12.0. The van der Waals surface area contributed by atoms with Crippen LogP contribution < -0.4 is 5.32 Å². The van der Waals surface area contributed by atoms with E-state index >= 15 is 0 Å². The molecule has 1 aliphatic carbocycles. The van der Waals surface area contributed by atoms with E-state index in [9.17, 15) is 4.79 Å². The molecule has 15 heavy (non-hydrogen) atoms. The van der Waals surface area contributed by atoms with E-state index in [0.717, 1.165) is 23.3 Å². The molecule has 1 aromatic rings. The Morgan fingerprint density at radius 1 is 1.60 bits per heavy atom. The van der Waals surface area contributed by atoms with E-state index in [1.165, 1.54) is 16.2 Å². The lowest BCUT2D eigenvalue weighted by atomic mass is 10.2. The number of hydrogen-bond donors (Lipinski definition) is 2. The Balaban J connectivity index is 2.08. The summed E-state index contributed by atoms with van der Waals surface area (Å²) in [6, 6.07) is 1.91. The average Bonchev–Trinajstić information content (AvgIpc) is 2.89. The third-order valence-corrected chi connectivity index (χ3v) is 4.08. The Bertz CT molecular complexity index is 374. The van der Waals surface area contributed by atoms with Crippen molar-refractivity contribution in [2.75, 3.05) is 6.61 Å². The van der Waals surface area contributed by atoms with Gasteiger partial charge in [-0.2, -0.15) is 0 Å². The number of hydrogen-bond acceptors (Lipinski definition) is 3. The Kier molecular flexibility index (Phi) is 2.56. The molecule has 0 bridgehead atoms. The van der Waals surface area contributed by atoms with Gasteiger partial charge in [-0.1, -0.05) is 0 Å². The fourth-order valence-corrected chi connectivity index (χ4v) is 2.39. The molecule has 1 aliphatic rings. The van der Waals surface area contributed by atoms with Crippen LogP contribution in [0.2, 0.25) is 0 Å². The van der Waals surface area contributed by atoms with E-state index in [4.69, 9.17) is 5.11 Å². The third-order valence-electron chi connectivity index (χ3n) is 2.92. The van der Waals surface area contributed by atoms with Gasteiger partial charge in [0, 0.05) is 4.88 Å². The van der Waals surface area contributed by atoms with Crippen molar-refractivity contribution in [2.24, 2.45) is 0 Å². The normalized spacial score (nSPS) is 17.5. The van der Waals surface area contributed by atoms with Crippen LogP contribution in [-0.4, -0.2) is 23.2 Å². The summed E-state index contributed by atoms with van der Waals surface area (Å²) in [5.41, 5.74) is 0.835. The van der Waals surface area contributed by atoms with Crippen LogP contribution in [0, 0.1) is 13.8 Å². The van der Waals surface area contributed by atoms with Gasteiger partial charge in [-0.3, -0.25) is 4.79 Å². The van der Waals surface area contributed by atoms with Crippen LogP contribution in [0.25, 0.3) is 0 Å². The molecule has 0 unspecified atom stereocenters. The first kappa shape index (κ1) is 10.6. The number of nitrogens with one attached hydrogen (secondary N) is 1. The van der Waals surface area contributed by atoms with Crippen molar-refractivity contribution in [3.63, 3.8) is 0 Å². The number of carbonyl (C=O) groups is 1. The van der Waals surface area contributed by atoms with Gasteiger partial charge in [0.2, 0.25) is 0 Å². The summed E-state index contributed by atoms with van der Waals surface area (Å²) < 4.78 is 0. The summed E-state index contributed by atoms with van der Waals surface area (Å²) in [6.45, 7) is 4.05. The number of thiophene rings is 1. The van der Waals surface area contributed by atoms with Crippen LogP contribution >= 0.6 is 11.3 Å². The molecule has 3 nitrogen and oxygen atoms in total. The number of aliphatic hydroxyl groups excluding tert-OH is 1. The molecule has 1 heterocycles. The Hall–Kier alpha value is -0.870. The average molecular weight is 225 g/mol. The van der Waals surface area contributed by atoms with E-state index in [-0.39, 0.29) is 18.1 Å². The van der Waals surface area contributed by atoms with Crippen LogP contribution in [0.4, 0.5) is 0 Å². The molecule has 0 spiro atoms. The Labute approximate surface area is 93.1 Å². The SMILES string of the molecule is Cc1cc(C(=O)NC2(CO)CC2)sc1C. The maximum atomic E-state index is 11.8. The van der Waals surface area contributed by atoms with Crippen molar-refractivity contribution < 1.29 is 9.90 Å². The maximum absolute atomic E-state index is 11.8. The molecule has 1 fully saturated rings. The second-order valence-corrected chi connectivity index (χ2v) is 5.50. The van der Waals surface area contributed by atoms with Crippen LogP contribution in [-0.2, 0) is 0 Å². The summed E-state index contributed by atoms with van der Waals surface area (Å²) >= 11 is 1.51. The quantitative estimate of drug-likeness (QED) is 0.821. The van der Waals surface area contributed by atoms with Crippen LogP contribution in [0.1, 0.15) is 33.0 Å². The summed E-state index contributed by atoms with van der Waals surface area (Å²) in [6.07, 6.45) is 1.77. The molecule has 82 valence electrons. The fourth-order valence-electron chi connectivity index (χ4n) is 1.46. The molecule has 0 saturated heterocycles. The predicted octanol–water partition coefficient (Wildman–Crippen LogP) is 1.62. The first-order valence-corrected chi connectivity index (χ1v) is 5.88. The van der Waals surface area contributed by atoms with Crippen molar-refractivity contribution in [1.29, 1.82) is 0 Å². The van der Waals surface area contributed by atoms with E-state index in [0.29, 0.717) is 0 Å². The third kappa shape index (κ3) is 2.06. The lowest BCUT2D eigenvalue weighted by molar-refractivity contribution is 0.0911. The lowest BCUT2D eigenvalue weighted by Gasteiger charge is -2.12. The molecule has 2 N–H and O–H groups in total. The molecule has 0 radical (unpaired) electrons. The first-order valence-electron chi connectivity index (χ1n) is 5.07. The highest BCUT2D eigenvalue weighted by Gasteiger charge is 2.43. The monoisotopic (exact) mass is 225 g/mol.